The van der Waals surface area contributed by atoms with Gasteiger partial charge in [-0.2, -0.15) is 5.10 Å². The predicted octanol–water partition coefficient (Wildman–Crippen LogP) is 4.36. The lowest BCUT2D eigenvalue weighted by Gasteiger charge is -2.28. The Morgan fingerprint density at radius 2 is 1.82 bits per heavy atom. The molecule has 1 aliphatic heterocycles. The number of nitrogens with zero attached hydrogens (tertiary/aromatic N) is 5. The molecule has 2 aliphatic rings. The highest BCUT2D eigenvalue weighted by Crippen LogP contribution is 2.38. The topological polar surface area (TPSA) is 103 Å². The smallest absolute Gasteiger partial charge is 0.335 e. The number of anilines is 1. The van der Waals surface area contributed by atoms with Crippen LogP contribution in [0.15, 0.2) is 88.2 Å². The fourth-order valence-electron chi connectivity index (χ4n) is 5.41. The van der Waals surface area contributed by atoms with E-state index < -0.39 is 41.1 Å². The second-order valence-electron chi connectivity index (χ2n) is 11.1. The minimum absolute atomic E-state index is 0.0796. The van der Waals surface area contributed by atoms with E-state index in [9.17, 15) is 27.6 Å². The third kappa shape index (κ3) is 5.75. The van der Waals surface area contributed by atoms with E-state index in [4.69, 9.17) is 4.74 Å². The van der Waals surface area contributed by atoms with Crippen LogP contribution in [-0.4, -0.2) is 49.3 Å². The molecule has 4 heterocycles. The number of ether oxygens (including phenoxy) is 1. The first-order valence-electron chi connectivity index (χ1n) is 14.2. The van der Waals surface area contributed by atoms with Crippen molar-refractivity contribution in [2.45, 2.75) is 44.8 Å². The molecule has 10 nitrogen and oxygen atoms in total. The number of fused-ring (bicyclic) bond motifs is 1. The molecule has 0 spiro atoms. The highest BCUT2D eigenvalue weighted by atomic mass is 19.3. The van der Waals surface area contributed by atoms with Crippen molar-refractivity contribution >= 4 is 17.1 Å². The summed E-state index contributed by atoms with van der Waals surface area (Å²) in [4.78, 5) is 41.0. The SMILES string of the molecule is CCn1cc(C(=O)NC2=CC=C(Oc3cc(N4CCC(F)(F)C4)cn4nccc34)C(C)(F)C2)c(=O)n(-c2ccc(F)cc2)c1=O. The zero-order chi connectivity index (χ0) is 32.1. The van der Waals surface area contributed by atoms with Crippen LogP contribution in [0, 0.1) is 5.82 Å². The summed E-state index contributed by atoms with van der Waals surface area (Å²) in [7, 11) is 0. The Balaban J connectivity index is 1.28. The maximum Gasteiger partial charge on any atom is 0.335 e. The third-order valence-electron chi connectivity index (χ3n) is 7.78. The summed E-state index contributed by atoms with van der Waals surface area (Å²) in [5.74, 6) is -4.14. The van der Waals surface area contributed by atoms with Crippen molar-refractivity contribution in [3.05, 3.63) is 111 Å². The Morgan fingerprint density at radius 3 is 2.49 bits per heavy atom. The molecule has 14 heteroatoms. The van der Waals surface area contributed by atoms with E-state index in [1.807, 2.05) is 0 Å². The molecule has 1 N–H and O–H groups in total. The van der Waals surface area contributed by atoms with Crippen molar-refractivity contribution in [2.24, 2.45) is 0 Å². The predicted molar refractivity (Wildman–Crippen MR) is 157 cm³/mol. The molecule has 0 radical (unpaired) electrons. The Bertz CT molecular complexity index is 1990. The molecule has 1 aliphatic carbocycles. The fourth-order valence-corrected chi connectivity index (χ4v) is 5.41. The Morgan fingerprint density at radius 1 is 1.07 bits per heavy atom. The van der Waals surface area contributed by atoms with Crippen LogP contribution in [-0.2, 0) is 6.54 Å². The van der Waals surface area contributed by atoms with Gasteiger partial charge < -0.3 is 15.0 Å². The lowest BCUT2D eigenvalue weighted by molar-refractivity contribution is 0.0257. The first kappa shape index (κ1) is 29.9. The number of benzene rings is 1. The first-order chi connectivity index (χ1) is 21.3. The lowest BCUT2D eigenvalue weighted by Crippen LogP contribution is -2.43. The van der Waals surface area contributed by atoms with E-state index in [-0.39, 0.29) is 54.4 Å². The maximum absolute atomic E-state index is 16.1. The van der Waals surface area contributed by atoms with Crippen LogP contribution in [0.1, 0.15) is 37.0 Å². The lowest BCUT2D eigenvalue weighted by atomic mass is 9.94. The number of allylic oxidation sites excluding steroid dienone is 4. The number of hydrogen-bond acceptors (Lipinski definition) is 6. The second-order valence-corrected chi connectivity index (χ2v) is 11.1. The molecule has 1 aromatic carbocycles. The monoisotopic (exact) mass is 624 g/mol. The Kier molecular flexibility index (Phi) is 7.37. The maximum atomic E-state index is 16.1. The molecule has 1 unspecified atom stereocenters. The average molecular weight is 625 g/mol. The van der Waals surface area contributed by atoms with Crippen LogP contribution in [0.4, 0.5) is 23.2 Å². The van der Waals surface area contributed by atoms with E-state index in [0.717, 1.165) is 27.5 Å². The van der Waals surface area contributed by atoms with Crippen LogP contribution in [0.2, 0.25) is 0 Å². The van der Waals surface area contributed by atoms with Gasteiger partial charge in [-0.05, 0) is 56.3 Å². The summed E-state index contributed by atoms with van der Waals surface area (Å²) < 4.78 is 66.7. The minimum atomic E-state index is -2.82. The van der Waals surface area contributed by atoms with Crippen LogP contribution >= 0.6 is 0 Å². The number of alkyl halides is 3. The van der Waals surface area contributed by atoms with E-state index in [1.54, 1.807) is 25.3 Å². The number of amides is 1. The van der Waals surface area contributed by atoms with Crippen molar-refractivity contribution in [2.75, 3.05) is 18.0 Å². The fraction of sp³-hybridized carbons (Fsp3) is 0.290. The van der Waals surface area contributed by atoms with Gasteiger partial charge in [0.2, 0.25) is 0 Å². The molecule has 1 fully saturated rings. The van der Waals surface area contributed by atoms with Gasteiger partial charge in [0, 0.05) is 43.9 Å². The number of aryl methyl sites for hydroxylation is 1. The molecule has 0 saturated carbocycles. The van der Waals surface area contributed by atoms with Crippen molar-refractivity contribution in [1.29, 1.82) is 0 Å². The zero-order valence-corrected chi connectivity index (χ0v) is 24.3. The second kappa shape index (κ2) is 11.1. The van der Waals surface area contributed by atoms with Crippen LogP contribution in [0.3, 0.4) is 0 Å². The molecule has 3 aromatic heterocycles. The molecule has 1 atom stereocenters. The zero-order valence-electron chi connectivity index (χ0n) is 24.3. The normalized spacial score (nSPS) is 19.4. The van der Waals surface area contributed by atoms with Crippen LogP contribution in [0.5, 0.6) is 5.75 Å². The van der Waals surface area contributed by atoms with E-state index in [1.165, 1.54) is 46.8 Å². The Labute approximate surface area is 253 Å². The molecule has 6 rings (SSSR count). The third-order valence-corrected chi connectivity index (χ3v) is 7.78. The van der Waals surface area contributed by atoms with Gasteiger partial charge in [0.05, 0.1) is 30.3 Å². The summed E-state index contributed by atoms with van der Waals surface area (Å²) in [5, 5.41) is 6.75. The molecule has 1 amide bonds. The van der Waals surface area contributed by atoms with Crippen molar-refractivity contribution < 1.29 is 27.1 Å². The molecular formula is C31H28F4N6O4. The van der Waals surface area contributed by atoms with Gasteiger partial charge >= 0.3 is 5.69 Å². The number of halogens is 4. The molecule has 234 valence electrons. The summed E-state index contributed by atoms with van der Waals surface area (Å²) in [6.45, 7) is 2.73. The molecule has 45 heavy (non-hydrogen) atoms. The van der Waals surface area contributed by atoms with Gasteiger partial charge in [-0.3, -0.25) is 14.2 Å². The highest BCUT2D eigenvalue weighted by Gasteiger charge is 2.39. The standard InChI is InChI=1S/C31H28F4N6O4/c1-3-38-17-23(28(43)41(29(38)44)21-7-4-19(32)5-8-21)27(42)37-20-6-9-26(30(2,33)15-20)45-25-14-22(16-40-24(25)10-12-36-40)39-13-11-31(34,35)18-39/h4-10,12,14,16-17H,3,11,13,15,18H2,1-2H3,(H,37,42). The van der Waals surface area contributed by atoms with Gasteiger partial charge in [-0.25, -0.2) is 31.4 Å². The van der Waals surface area contributed by atoms with E-state index in [0.29, 0.717) is 11.2 Å². The summed E-state index contributed by atoms with van der Waals surface area (Å²) >= 11 is 0. The average Bonchev–Trinajstić information content (AvgIpc) is 3.61. The highest BCUT2D eigenvalue weighted by molar-refractivity contribution is 5.94. The van der Waals surface area contributed by atoms with Crippen molar-refractivity contribution in [1.82, 2.24) is 24.1 Å². The number of aromatic nitrogens is 4. The van der Waals surface area contributed by atoms with Gasteiger partial charge in [-0.15, -0.1) is 0 Å². The number of nitrogens with one attached hydrogen (secondary N) is 1. The minimum Gasteiger partial charge on any atom is -0.456 e. The number of rotatable bonds is 7. The van der Waals surface area contributed by atoms with Gasteiger partial charge in [0.15, 0.2) is 11.4 Å². The van der Waals surface area contributed by atoms with E-state index >= 15 is 4.39 Å². The van der Waals surface area contributed by atoms with Crippen LogP contribution in [0.25, 0.3) is 11.2 Å². The summed E-state index contributed by atoms with van der Waals surface area (Å²) in [6, 6.07) is 7.88. The number of pyridine rings is 1. The number of hydrogen-bond donors (Lipinski definition) is 1. The largest absolute Gasteiger partial charge is 0.456 e. The van der Waals surface area contributed by atoms with Crippen molar-refractivity contribution in [3.63, 3.8) is 0 Å². The van der Waals surface area contributed by atoms with Gasteiger partial charge in [-0.1, -0.05) is 0 Å². The number of carbonyl (C=O) groups excluding carboxylic acids is 1. The van der Waals surface area contributed by atoms with Crippen LogP contribution < -0.4 is 26.2 Å². The summed E-state index contributed by atoms with van der Waals surface area (Å²) in [5.41, 5.74) is -2.97. The van der Waals surface area contributed by atoms with E-state index in [2.05, 4.69) is 10.4 Å². The summed E-state index contributed by atoms with van der Waals surface area (Å²) in [6.07, 6.45) is 6.39. The first-order valence-corrected chi connectivity index (χ1v) is 14.2. The Hall–Kier alpha value is -5.14. The quantitative estimate of drug-likeness (QED) is 0.307. The molecule has 1 saturated heterocycles. The van der Waals surface area contributed by atoms with Crippen molar-refractivity contribution in [3.8, 4) is 11.4 Å². The molecule has 0 bridgehead atoms. The number of carbonyl (C=O) groups is 1. The molecular weight excluding hydrogens is 596 g/mol. The van der Waals surface area contributed by atoms with Gasteiger partial charge in [0.1, 0.15) is 22.7 Å². The van der Waals surface area contributed by atoms with Gasteiger partial charge in [0.25, 0.3) is 17.4 Å². The molecule has 4 aromatic rings.